The molecule has 0 spiro atoms. The SMILES string of the molecule is C=CC(CCCCCCCCCCCCCCCCCC)C(=O)O.C=COC(C)=O. The van der Waals surface area contributed by atoms with E-state index in [0.717, 1.165) is 25.5 Å². The molecule has 0 saturated heterocycles. The Balaban J connectivity index is 0. The molecule has 0 aliphatic rings. The van der Waals surface area contributed by atoms with E-state index in [9.17, 15) is 9.59 Å². The number of carbonyl (C=O) groups excluding carboxylic acids is 1. The number of aliphatic carboxylic acids is 1. The molecule has 0 rings (SSSR count). The summed E-state index contributed by atoms with van der Waals surface area (Å²) in [6.07, 6.45) is 25.0. The molecular formula is C26H48O4. The molecule has 176 valence electrons. The second-order valence-electron chi connectivity index (χ2n) is 8.05. The quantitative estimate of drug-likeness (QED) is 0.0925. The van der Waals surface area contributed by atoms with Crippen LogP contribution in [0.5, 0.6) is 0 Å². The molecule has 0 aromatic carbocycles. The molecule has 0 aromatic heterocycles. The molecule has 4 nitrogen and oxygen atoms in total. The van der Waals surface area contributed by atoms with Gasteiger partial charge in [0, 0.05) is 6.92 Å². The van der Waals surface area contributed by atoms with Gasteiger partial charge in [-0.15, -0.1) is 6.58 Å². The lowest BCUT2D eigenvalue weighted by molar-refractivity contribution is -0.140. The van der Waals surface area contributed by atoms with Gasteiger partial charge in [-0.2, -0.15) is 0 Å². The number of ether oxygens (including phenoxy) is 1. The van der Waals surface area contributed by atoms with Crippen molar-refractivity contribution >= 4 is 11.9 Å². The summed E-state index contributed by atoms with van der Waals surface area (Å²) in [5.41, 5.74) is 0. The Kier molecular flexibility index (Phi) is 26.0. The predicted molar refractivity (Wildman–Crippen MR) is 127 cm³/mol. The Labute approximate surface area is 186 Å². The van der Waals surface area contributed by atoms with E-state index in [4.69, 9.17) is 5.11 Å². The molecule has 1 N–H and O–H groups in total. The third kappa shape index (κ3) is 26.4. The summed E-state index contributed by atoms with van der Waals surface area (Å²) in [5.74, 6) is -1.41. The standard InChI is InChI=1S/C22H42O2.C4H6O2/c1-3-5-6-7-8-9-10-11-12-13-14-15-16-17-18-19-20-21(4-2)22(23)24;1-3-6-4(2)5/h4,21H,2-3,5-20H2,1H3,(H,23,24);3H,1H2,2H3. The second-order valence-corrected chi connectivity index (χ2v) is 8.05. The molecule has 0 aliphatic heterocycles. The first-order valence-corrected chi connectivity index (χ1v) is 12.1. The lowest BCUT2D eigenvalue weighted by Crippen LogP contribution is -2.10. The lowest BCUT2D eigenvalue weighted by atomic mass is 10.00. The van der Waals surface area contributed by atoms with Gasteiger partial charge in [0.25, 0.3) is 0 Å². The molecule has 30 heavy (non-hydrogen) atoms. The number of carbonyl (C=O) groups is 2. The number of rotatable bonds is 20. The van der Waals surface area contributed by atoms with E-state index >= 15 is 0 Å². The summed E-state index contributed by atoms with van der Waals surface area (Å²) < 4.78 is 4.17. The Bertz CT molecular complexity index is 417. The first-order valence-electron chi connectivity index (χ1n) is 12.1. The number of esters is 1. The zero-order valence-electron chi connectivity index (χ0n) is 19.8. The van der Waals surface area contributed by atoms with Crippen molar-refractivity contribution in [1.29, 1.82) is 0 Å². The maximum atomic E-state index is 10.9. The van der Waals surface area contributed by atoms with Gasteiger partial charge in [0.2, 0.25) is 0 Å². The number of hydrogen-bond donors (Lipinski definition) is 1. The van der Waals surface area contributed by atoms with Crippen LogP contribution in [0.25, 0.3) is 0 Å². The molecule has 0 bridgehead atoms. The normalized spacial score (nSPS) is 11.1. The average molecular weight is 425 g/mol. The van der Waals surface area contributed by atoms with Crippen molar-refractivity contribution in [1.82, 2.24) is 0 Å². The van der Waals surface area contributed by atoms with Crippen LogP contribution in [0.2, 0.25) is 0 Å². The maximum Gasteiger partial charge on any atom is 0.310 e. The minimum Gasteiger partial charge on any atom is -0.481 e. The minimum absolute atomic E-state index is 0.329. The van der Waals surface area contributed by atoms with Gasteiger partial charge in [-0.25, -0.2) is 0 Å². The van der Waals surface area contributed by atoms with Gasteiger partial charge in [0.05, 0.1) is 12.2 Å². The minimum atomic E-state index is -0.731. The second kappa shape index (κ2) is 25.5. The van der Waals surface area contributed by atoms with E-state index < -0.39 is 5.97 Å². The van der Waals surface area contributed by atoms with Gasteiger partial charge in [-0.05, 0) is 6.42 Å². The molecule has 0 fully saturated rings. The van der Waals surface area contributed by atoms with E-state index in [0.29, 0.717) is 0 Å². The fourth-order valence-electron chi connectivity index (χ4n) is 3.37. The average Bonchev–Trinajstić information content (AvgIpc) is 2.70. The highest BCUT2D eigenvalue weighted by Gasteiger charge is 2.11. The molecule has 4 heteroatoms. The summed E-state index contributed by atoms with van der Waals surface area (Å²) in [4.78, 5) is 20.6. The third-order valence-electron chi connectivity index (χ3n) is 5.22. The lowest BCUT2D eigenvalue weighted by Gasteiger charge is -2.06. The maximum absolute atomic E-state index is 10.9. The van der Waals surface area contributed by atoms with Gasteiger partial charge in [0.1, 0.15) is 0 Å². The van der Waals surface area contributed by atoms with Crippen molar-refractivity contribution in [2.75, 3.05) is 0 Å². The van der Waals surface area contributed by atoms with E-state index in [1.807, 2.05) is 0 Å². The first-order chi connectivity index (χ1) is 14.5. The van der Waals surface area contributed by atoms with Gasteiger partial charge in [-0.3, -0.25) is 9.59 Å². The largest absolute Gasteiger partial charge is 0.481 e. The van der Waals surface area contributed by atoms with E-state index in [-0.39, 0.29) is 11.9 Å². The monoisotopic (exact) mass is 424 g/mol. The van der Waals surface area contributed by atoms with Crippen LogP contribution in [0.4, 0.5) is 0 Å². The van der Waals surface area contributed by atoms with Crippen LogP contribution in [-0.2, 0) is 14.3 Å². The first kappa shape index (κ1) is 30.6. The van der Waals surface area contributed by atoms with Gasteiger partial charge in [-0.1, -0.05) is 122 Å². The van der Waals surface area contributed by atoms with Crippen LogP contribution in [0.3, 0.4) is 0 Å². The molecule has 1 unspecified atom stereocenters. The molecular weight excluding hydrogens is 376 g/mol. The Hall–Kier alpha value is -1.58. The molecule has 1 atom stereocenters. The summed E-state index contributed by atoms with van der Waals surface area (Å²) >= 11 is 0. The topological polar surface area (TPSA) is 63.6 Å². The Morgan fingerprint density at radius 2 is 1.13 bits per heavy atom. The number of carboxylic acids is 1. The van der Waals surface area contributed by atoms with Crippen molar-refractivity contribution in [2.45, 2.75) is 123 Å². The number of unbranched alkanes of at least 4 members (excludes halogenated alkanes) is 15. The van der Waals surface area contributed by atoms with Crippen molar-refractivity contribution in [3.8, 4) is 0 Å². The van der Waals surface area contributed by atoms with Crippen molar-refractivity contribution in [3.63, 3.8) is 0 Å². The van der Waals surface area contributed by atoms with Crippen molar-refractivity contribution in [3.05, 3.63) is 25.5 Å². The molecule has 0 saturated carbocycles. The number of hydrogen-bond acceptors (Lipinski definition) is 3. The van der Waals surface area contributed by atoms with Crippen LogP contribution in [0.1, 0.15) is 123 Å². The van der Waals surface area contributed by atoms with Crippen LogP contribution >= 0.6 is 0 Å². The highest BCUT2D eigenvalue weighted by molar-refractivity contribution is 5.71. The molecule has 0 heterocycles. The van der Waals surface area contributed by atoms with Crippen LogP contribution in [-0.4, -0.2) is 17.0 Å². The zero-order chi connectivity index (χ0) is 22.9. The summed E-state index contributed by atoms with van der Waals surface area (Å²) in [7, 11) is 0. The predicted octanol–water partition coefficient (Wildman–Crippen LogP) is 8.22. The zero-order valence-corrected chi connectivity index (χ0v) is 19.8. The summed E-state index contributed by atoms with van der Waals surface area (Å²) in [6, 6.07) is 0. The van der Waals surface area contributed by atoms with Crippen LogP contribution in [0.15, 0.2) is 25.5 Å². The van der Waals surface area contributed by atoms with E-state index in [1.165, 1.54) is 96.8 Å². The fourth-order valence-corrected chi connectivity index (χ4v) is 3.37. The Morgan fingerprint density at radius 1 is 0.767 bits per heavy atom. The highest BCUT2D eigenvalue weighted by atomic mass is 16.5. The van der Waals surface area contributed by atoms with E-state index in [1.54, 1.807) is 6.08 Å². The van der Waals surface area contributed by atoms with Gasteiger partial charge in [0.15, 0.2) is 0 Å². The van der Waals surface area contributed by atoms with Crippen molar-refractivity contribution in [2.24, 2.45) is 5.92 Å². The van der Waals surface area contributed by atoms with Crippen LogP contribution < -0.4 is 0 Å². The molecule has 0 aliphatic carbocycles. The molecule has 0 aromatic rings. The van der Waals surface area contributed by atoms with Gasteiger partial charge < -0.3 is 9.84 Å². The Morgan fingerprint density at radius 3 is 1.37 bits per heavy atom. The summed E-state index contributed by atoms with van der Waals surface area (Å²) in [5, 5.41) is 8.93. The third-order valence-corrected chi connectivity index (χ3v) is 5.22. The molecule has 0 radical (unpaired) electrons. The van der Waals surface area contributed by atoms with Gasteiger partial charge >= 0.3 is 11.9 Å². The number of carboxylic acid groups (broad SMARTS) is 1. The summed E-state index contributed by atoms with van der Waals surface area (Å²) in [6.45, 7) is 10.3. The molecule has 0 amide bonds. The van der Waals surface area contributed by atoms with Crippen LogP contribution in [0, 0.1) is 5.92 Å². The fraction of sp³-hybridized carbons (Fsp3) is 0.769. The highest BCUT2D eigenvalue weighted by Crippen LogP contribution is 2.15. The smallest absolute Gasteiger partial charge is 0.310 e. The van der Waals surface area contributed by atoms with E-state index in [2.05, 4.69) is 24.8 Å². The van der Waals surface area contributed by atoms with Crippen molar-refractivity contribution < 1.29 is 19.4 Å².